The smallest absolute Gasteiger partial charge is 0.328 e. The normalized spacial score (nSPS) is 11.7. The number of amides is 2. The molecule has 0 saturated carbocycles. The first-order valence-corrected chi connectivity index (χ1v) is 12.0. The quantitative estimate of drug-likeness (QED) is 0.341. The molecule has 0 radical (unpaired) electrons. The number of H-pyrrole nitrogens is 1. The van der Waals surface area contributed by atoms with Crippen molar-refractivity contribution >= 4 is 44.8 Å². The van der Waals surface area contributed by atoms with Crippen LogP contribution in [0.3, 0.4) is 0 Å². The summed E-state index contributed by atoms with van der Waals surface area (Å²) in [6.07, 6.45) is 3.84. The second-order valence-electron chi connectivity index (χ2n) is 7.10. The molecule has 0 fully saturated rings. The molecule has 3 rings (SSSR count). The zero-order chi connectivity index (χ0) is 24.4. The lowest BCUT2D eigenvalue weighted by Crippen LogP contribution is -2.39. The highest BCUT2D eigenvalue weighted by Crippen LogP contribution is 2.16. The van der Waals surface area contributed by atoms with Crippen LogP contribution in [-0.2, 0) is 14.8 Å². The summed E-state index contributed by atoms with van der Waals surface area (Å²) in [5, 5.41) is 3.53. The van der Waals surface area contributed by atoms with Crippen LogP contribution in [0.2, 0.25) is 5.02 Å². The Hall–Kier alpha value is -3.24. The lowest BCUT2D eigenvalue weighted by Gasteiger charge is -2.09. The molecule has 1 aromatic heterocycles. The molecular weight excluding hydrogens is 468 g/mol. The van der Waals surface area contributed by atoms with Gasteiger partial charge in [-0.25, -0.2) is 22.9 Å². The van der Waals surface area contributed by atoms with Crippen LogP contribution in [-0.4, -0.2) is 37.2 Å². The summed E-state index contributed by atoms with van der Waals surface area (Å²) < 4.78 is 25.9. The van der Waals surface area contributed by atoms with Gasteiger partial charge in [-0.1, -0.05) is 44.0 Å². The van der Waals surface area contributed by atoms with Crippen molar-refractivity contribution in [2.24, 2.45) is 0 Å². The van der Waals surface area contributed by atoms with Crippen molar-refractivity contribution in [2.75, 3.05) is 6.54 Å². The average molecular weight is 493 g/mol. The first-order chi connectivity index (χ1) is 15.7. The molecule has 3 N–H and O–H groups in total. The van der Waals surface area contributed by atoms with Crippen molar-refractivity contribution in [1.82, 2.24) is 20.0 Å². The van der Waals surface area contributed by atoms with Crippen LogP contribution in [0.25, 0.3) is 10.9 Å². The third kappa shape index (κ3) is 7.69. The summed E-state index contributed by atoms with van der Waals surface area (Å²) in [7, 11) is -3.90. The van der Waals surface area contributed by atoms with Crippen molar-refractivity contribution in [3.63, 3.8) is 0 Å². The molecule has 0 bridgehead atoms. The minimum atomic E-state index is -3.90. The van der Waals surface area contributed by atoms with Crippen LogP contribution in [0.1, 0.15) is 38.2 Å². The summed E-state index contributed by atoms with van der Waals surface area (Å²) in [6.45, 7) is 4.11. The molecule has 0 spiro atoms. The predicted octanol–water partition coefficient (Wildman–Crippen LogP) is 3.35. The van der Waals surface area contributed by atoms with Crippen LogP contribution >= 0.6 is 11.6 Å². The Morgan fingerprint density at radius 1 is 1.21 bits per heavy atom. The molecule has 1 unspecified atom stereocenters. The third-order valence-electron chi connectivity index (χ3n) is 4.57. The van der Waals surface area contributed by atoms with Gasteiger partial charge in [-0.3, -0.25) is 4.79 Å². The fourth-order valence-electron chi connectivity index (χ4n) is 2.67. The third-order valence-corrected chi connectivity index (χ3v) is 6.15. The number of urea groups is 1. The Balaban J connectivity index is 0.000000268. The van der Waals surface area contributed by atoms with E-state index in [2.05, 4.69) is 15.3 Å². The van der Waals surface area contributed by atoms with Crippen LogP contribution in [0.4, 0.5) is 4.79 Å². The number of benzene rings is 2. The van der Waals surface area contributed by atoms with Gasteiger partial charge in [0.15, 0.2) is 0 Å². The van der Waals surface area contributed by atoms with Gasteiger partial charge in [0, 0.05) is 17.5 Å². The number of nitrogens with one attached hydrogen (secondary N) is 3. The molecule has 2 aromatic carbocycles. The number of unbranched alkanes of at least 4 members (excludes halogenated alkanes) is 1. The Morgan fingerprint density at radius 2 is 1.91 bits per heavy atom. The van der Waals surface area contributed by atoms with E-state index >= 15 is 0 Å². The highest BCUT2D eigenvalue weighted by atomic mass is 35.5. The maximum atomic E-state index is 12.0. The van der Waals surface area contributed by atoms with Crippen molar-refractivity contribution in [1.29, 1.82) is 0 Å². The van der Waals surface area contributed by atoms with E-state index in [4.69, 9.17) is 11.6 Å². The number of aromatic amines is 1. The van der Waals surface area contributed by atoms with E-state index in [1.54, 1.807) is 37.3 Å². The van der Waals surface area contributed by atoms with Gasteiger partial charge >= 0.3 is 6.03 Å². The second-order valence-corrected chi connectivity index (χ2v) is 9.22. The van der Waals surface area contributed by atoms with Crippen molar-refractivity contribution in [3.05, 3.63) is 69.7 Å². The zero-order valence-electron chi connectivity index (χ0n) is 18.2. The van der Waals surface area contributed by atoms with E-state index in [1.165, 1.54) is 18.5 Å². The monoisotopic (exact) mass is 492 g/mol. The van der Waals surface area contributed by atoms with Gasteiger partial charge in [0.1, 0.15) is 6.29 Å². The SMILES string of the molecule is CCCCNC(=O)NS(=O)(=O)c1ccc(C(C)C=O)cc1.O=c1[nH]cnc2ccc(Cl)cc12. The van der Waals surface area contributed by atoms with Crippen LogP contribution in [0.15, 0.2) is 58.5 Å². The van der Waals surface area contributed by atoms with Crippen molar-refractivity contribution < 1.29 is 18.0 Å². The Labute approximate surface area is 196 Å². The Bertz CT molecular complexity index is 1260. The summed E-state index contributed by atoms with van der Waals surface area (Å²) in [5.74, 6) is -0.299. The van der Waals surface area contributed by atoms with Gasteiger partial charge < -0.3 is 15.1 Å². The highest BCUT2D eigenvalue weighted by Gasteiger charge is 2.17. The van der Waals surface area contributed by atoms with Crippen LogP contribution in [0.5, 0.6) is 0 Å². The fourth-order valence-corrected chi connectivity index (χ4v) is 3.77. The highest BCUT2D eigenvalue weighted by molar-refractivity contribution is 7.90. The number of rotatable bonds is 7. The Kier molecular flexibility index (Phi) is 9.56. The number of fused-ring (bicyclic) bond motifs is 1. The molecule has 0 aliphatic carbocycles. The summed E-state index contributed by atoms with van der Waals surface area (Å²) in [6, 6.07) is 10.1. The number of aldehydes is 1. The molecule has 3 aromatic rings. The maximum Gasteiger partial charge on any atom is 0.328 e. The lowest BCUT2D eigenvalue weighted by atomic mass is 10.0. The van der Waals surface area contributed by atoms with Gasteiger partial charge in [-0.15, -0.1) is 0 Å². The van der Waals surface area contributed by atoms with Gasteiger partial charge in [0.2, 0.25) is 0 Å². The fraction of sp³-hybridized carbons (Fsp3) is 0.273. The molecular formula is C22H25ClN4O5S. The molecule has 1 heterocycles. The van der Waals surface area contributed by atoms with E-state index < -0.39 is 16.1 Å². The number of carbonyl (C=O) groups is 2. The molecule has 176 valence electrons. The second kappa shape index (κ2) is 12.1. The number of hydrogen-bond donors (Lipinski definition) is 3. The molecule has 0 aliphatic heterocycles. The maximum absolute atomic E-state index is 12.0. The van der Waals surface area contributed by atoms with Gasteiger partial charge in [-0.05, 0) is 42.3 Å². The van der Waals surface area contributed by atoms with Gasteiger partial charge in [-0.2, -0.15) is 0 Å². The molecule has 2 amide bonds. The van der Waals surface area contributed by atoms with E-state index in [-0.39, 0.29) is 16.4 Å². The lowest BCUT2D eigenvalue weighted by molar-refractivity contribution is -0.108. The first-order valence-electron chi connectivity index (χ1n) is 10.2. The molecule has 11 heteroatoms. The summed E-state index contributed by atoms with van der Waals surface area (Å²) in [4.78, 5) is 39.8. The number of halogens is 1. The van der Waals surface area contributed by atoms with E-state index in [1.807, 2.05) is 11.6 Å². The predicted molar refractivity (Wildman–Crippen MR) is 127 cm³/mol. The minimum absolute atomic E-state index is 0.0185. The molecule has 0 aliphatic rings. The molecule has 1 atom stereocenters. The Morgan fingerprint density at radius 3 is 2.55 bits per heavy atom. The standard InChI is InChI=1S/C14H20N2O4S.C8H5ClN2O/c1-3-4-9-15-14(18)16-21(19,20)13-7-5-12(6-8-13)11(2)10-17;9-5-1-2-7-6(3-5)8(12)11-4-10-7/h5-8,10-11H,3-4,9H2,1-2H3,(H2,15,16,18);1-4H,(H,10,11,12). The summed E-state index contributed by atoms with van der Waals surface area (Å²) in [5.41, 5.74) is 1.21. The molecule has 0 saturated heterocycles. The van der Waals surface area contributed by atoms with Crippen molar-refractivity contribution in [2.45, 2.75) is 37.5 Å². The largest absolute Gasteiger partial charge is 0.337 e. The number of carbonyl (C=O) groups excluding carboxylic acids is 2. The number of aromatic nitrogens is 2. The number of sulfonamides is 1. The average Bonchev–Trinajstić information content (AvgIpc) is 2.79. The van der Waals surface area contributed by atoms with E-state index in [9.17, 15) is 22.8 Å². The van der Waals surface area contributed by atoms with Gasteiger partial charge in [0.05, 0.1) is 22.1 Å². The van der Waals surface area contributed by atoms with Crippen LogP contribution in [0, 0.1) is 0 Å². The zero-order valence-corrected chi connectivity index (χ0v) is 19.7. The number of nitrogens with zero attached hydrogens (tertiary/aromatic N) is 1. The number of hydrogen-bond acceptors (Lipinski definition) is 6. The molecule has 9 nitrogen and oxygen atoms in total. The molecule has 33 heavy (non-hydrogen) atoms. The van der Waals surface area contributed by atoms with E-state index in [0.717, 1.165) is 24.7 Å². The summed E-state index contributed by atoms with van der Waals surface area (Å²) >= 11 is 5.71. The topological polar surface area (TPSA) is 138 Å². The first kappa shape index (κ1) is 26.0. The van der Waals surface area contributed by atoms with E-state index in [0.29, 0.717) is 22.5 Å². The van der Waals surface area contributed by atoms with Gasteiger partial charge in [0.25, 0.3) is 15.6 Å². The van der Waals surface area contributed by atoms with Crippen LogP contribution < -0.4 is 15.6 Å². The van der Waals surface area contributed by atoms with Crippen molar-refractivity contribution in [3.8, 4) is 0 Å². The minimum Gasteiger partial charge on any atom is -0.337 e.